The second-order valence-corrected chi connectivity index (χ2v) is 12.1. The first kappa shape index (κ1) is 24.0. The highest BCUT2D eigenvalue weighted by Gasteiger charge is 2.36. The number of piperidine rings is 1. The maximum Gasteiger partial charge on any atom is 0.243 e. The number of aryl methyl sites for hydroxylation is 1. The van der Waals surface area contributed by atoms with Crippen molar-refractivity contribution in [2.45, 2.75) is 24.7 Å². The molecule has 2 aliphatic heterocycles. The predicted molar refractivity (Wildman–Crippen MR) is 138 cm³/mol. The zero-order valence-electron chi connectivity index (χ0n) is 20.0. The summed E-state index contributed by atoms with van der Waals surface area (Å²) >= 11 is 1.69. The van der Waals surface area contributed by atoms with Crippen LogP contribution >= 0.6 is 11.3 Å². The van der Waals surface area contributed by atoms with Gasteiger partial charge < -0.3 is 14.5 Å². The standard InChI is InChI=1S/C25H30N4O4S2/c1-18-5-10-22-23(16-18)34-25(26-22)28-14-12-27(13-15-28)24(30)19-4-3-11-29(17-19)35(31,32)21-8-6-20(33-2)7-9-21/h5-10,16,19H,3-4,11-15,17H2,1-2H3. The van der Waals surface area contributed by atoms with Crippen molar-refractivity contribution in [1.82, 2.24) is 14.2 Å². The topological polar surface area (TPSA) is 83.0 Å². The van der Waals surface area contributed by atoms with Gasteiger partial charge in [0.1, 0.15) is 5.75 Å². The molecule has 3 aromatic rings. The molecule has 5 rings (SSSR count). The van der Waals surface area contributed by atoms with Gasteiger partial charge in [-0.1, -0.05) is 17.4 Å². The number of ether oxygens (including phenoxy) is 1. The Balaban J connectivity index is 1.21. The average molecular weight is 515 g/mol. The Labute approximate surface area is 210 Å². The second-order valence-electron chi connectivity index (χ2n) is 9.16. The van der Waals surface area contributed by atoms with Crippen molar-refractivity contribution in [3.05, 3.63) is 48.0 Å². The molecule has 0 spiro atoms. The van der Waals surface area contributed by atoms with E-state index in [0.29, 0.717) is 38.2 Å². The lowest BCUT2D eigenvalue weighted by Crippen LogP contribution is -2.53. The van der Waals surface area contributed by atoms with Crippen molar-refractivity contribution in [2.75, 3.05) is 51.3 Å². The highest BCUT2D eigenvalue weighted by Crippen LogP contribution is 2.31. The van der Waals surface area contributed by atoms with Gasteiger partial charge in [-0.05, 0) is 61.7 Å². The lowest BCUT2D eigenvalue weighted by molar-refractivity contribution is -0.137. The van der Waals surface area contributed by atoms with Crippen molar-refractivity contribution in [3.8, 4) is 5.75 Å². The molecule has 2 fully saturated rings. The van der Waals surface area contributed by atoms with E-state index in [9.17, 15) is 13.2 Å². The molecule has 0 N–H and O–H groups in total. The number of amides is 1. The Bertz CT molecular complexity index is 1310. The molecule has 2 saturated heterocycles. The van der Waals surface area contributed by atoms with Crippen molar-refractivity contribution >= 4 is 42.6 Å². The lowest BCUT2D eigenvalue weighted by Gasteiger charge is -2.38. The molecule has 1 unspecified atom stereocenters. The van der Waals surface area contributed by atoms with Crippen LogP contribution in [-0.4, -0.2) is 74.9 Å². The van der Waals surface area contributed by atoms with Crippen molar-refractivity contribution in [2.24, 2.45) is 5.92 Å². The van der Waals surface area contributed by atoms with Crippen LogP contribution in [0.25, 0.3) is 10.2 Å². The summed E-state index contributed by atoms with van der Waals surface area (Å²) in [5.41, 5.74) is 2.23. The monoisotopic (exact) mass is 514 g/mol. The van der Waals surface area contributed by atoms with Crippen LogP contribution < -0.4 is 9.64 Å². The minimum Gasteiger partial charge on any atom is -0.497 e. The number of carbonyl (C=O) groups is 1. The number of rotatable bonds is 5. The smallest absolute Gasteiger partial charge is 0.243 e. The van der Waals surface area contributed by atoms with Gasteiger partial charge in [0.05, 0.1) is 28.1 Å². The van der Waals surface area contributed by atoms with Crippen LogP contribution in [-0.2, 0) is 14.8 Å². The number of carbonyl (C=O) groups excluding carboxylic acids is 1. The summed E-state index contributed by atoms with van der Waals surface area (Å²) in [5, 5.41) is 0.993. The van der Waals surface area contributed by atoms with Crippen LogP contribution in [0.2, 0.25) is 0 Å². The molecule has 0 radical (unpaired) electrons. The van der Waals surface area contributed by atoms with Crippen molar-refractivity contribution in [1.29, 1.82) is 0 Å². The van der Waals surface area contributed by atoms with Gasteiger partial charge in [-0.3, -0.25) is 4.79 Å². The quantitative estimate of drug-likeness (QED) is 0.519. The number of nitrogens with zero attached hydrogens (tertiary/aromatic N) is 4. The minimum atomic E-state index is -3.65. The molecule has 10 heteroatoms. The van der Waals surface area contributed by atoms with E-state index in [-0.39, 0.29) is 23.3 Å². The first-order chi connectivity index (χ1) is 16.8. The number of piperazine rings is 1. The molecular formula is C25H30N4O4S2. The molecule has 0 saturated carbocycles. The van der Waals surface area contributed by atoms with E-state index in [1.54, 1.807) is 42.7 Å². The summed E-state index contributed by atoms with van der Waals surface area (Å²) in [7, 11) is -2.11. The van der Waals surface area contributed by atoms with Gasteiger partial charge in [0.2, 0.25) is 15.9 Å². The van der Waals surface area contributed by atoms with Gasteiger partial charge in [0.15, 0.2) is 5.13 Å². The number of hydrogen-bond acceptors (Lipinski definition) is 7. The fraction of sp³-hybridized carbons (Fsp3) is 0.440. The minimum absolute atomic E-state index is 0.0548. The summed E-state index contributed by atoms with van der Waals surface area (Å²) in [5.74, 6) is 0.351. The van der Waals surface area contributed by atoms with Gasteiger partial charge in [-0.25, -0.2) is 13.4 Å². The fourth-order valence-corrected chi connectivity index (χ4v) is 7.43. The summed E-state index contributed by atoms with van der Waals surface area (Å²) < 4.78 is 34.1. The predicted octanol–water partition coefficient (Wildman–Crippen LogP) is 3.36. The summed E-state index contributed by atoms with van der Waals surface area (Å²) in [6.07, 6.45) is 1.39. The zero-order valence-corrected chi connectivity index (χ0v) is 21.6. The number of methoxy groups -OCH3 is 1. The number of benzene rings is 2. The Morgan fingerprint density at radius 3 is 2.51 bits per heavy atom. The van der Waals surface area contributed by atoms with Crippen LogP contribution in [0.15, 0.2) is 47.4 Å². The zero-order chi connectivity index (χ0) is 24.6. The van der Waals surface area contributed by atoms with E-state index in [4.69, 9.17) is 9.72 Å². The van der Waals surface area contributed by atoms with Crippen LogP contribution in [0, 0.1) is 12.8 Å². The Morgan fingerprint density at radius 1 is 1.06 bits per heavy atom. The maximum absolute atomic E-state index is 13.3. The molecule has 186 valence electrons. The number of hydrogen-bond donors (Lipinski definition) is 0. The molecule has 1 aromatic heterocycles. The Morgan fingerprint density at radius 2 is 1.80 bits per heavy atom. The molecule has 0 bridgehead atoms. The highest BCUT2D eigenvalue weighted by molar-refractivity contribution is 7.89. The van der Waals surface area contributed by atoms with Gasteiger partial charge >= 0.3 is 0 Å². The number of sulfonamides is 1. The van der Waals surface area contributed by atoms with Gasteiger partial charge in [-0.15, -0.1) is 0 Å². The molecule has 2 aliphatic rings. The third-order valence-electron chi connectivity index (χ3n) is 6.83. The fourth-order valence-electron chi connectivity index (χ4n) is 4.79. The lowest BCUT2D eigenvalue weighted by atomic mass is 9.98. The van der Waals surface area contributed by atoms with Crippen LogP contribution in [0.5, 0.6) is 5.75 Å². The van der Waals surface area contributed by atoms with Gasteiger partial charge in [0, 0.05) is 39.3 Å². The van der Waals surface area contributed by atoms with Crippen LogP contribution in [0.4, 0.5) is 5.13 Å². The molecule has 35 heavy (non-hydrogen) atoms. The van der Waals surface area contributed by atoms with E-state index in [2.05, 4.69) is 30.0 Å². The third-order valence-corrected chi connectivity index (χ3v) is 9.78. The second kappa shape index (κ2) is 9.75. The van der Waals surface area contributed by atoms with Gasteiger partial charge in [0.25, 0.3) is 0 Å². The summed E-state index contributed by atoms with van der Waals surface area (Å²) in [4.78, 5) is 22.5. The van der Waals surface area contributed by atoms with Crippen LogP contribution in [0.1, 0.15) is 18.4 Å². The van der Waals surface area contributed by atoms with Crippen molar-refractivity contribution < 1.29 is 17.9 Å². The number of thiazole rings is 1. The molecular weight excluding hydrogens is 484 g/mol. The van der Waals surface area contributed by atoms with E-state index in [1.807, 2.05) is 4.90 Å². The maximum atomic E-state index is 13.3. The average Bonchev–Trinajstić information content (AvgIpc) is 3.31. The molecule has 1 amide bonds. The number of anilines is 1. The SMILES string of the molecule is COc1ccc(S(=O)(=O)N2CCCC(C(=O)N3CCN(c4nc5ccc(C)cc5s4)CC3)C2)cc1. The largest absolute Gasteiger partial charge is 0.497 e. The van der Waals surface area contributed by atoms with E-state index in [0.717, 1.165) is 23.7 Å². The first-order valence-electron chi connectivity index (χ1n) is 11.9. The summed E-state index contributed by atoms with van der Waals surface area (Å²) in [6, 6.07) is 12.7. The Kier molecular flexibility index (Phi) is 6.69. The number of aromatic nitrogens is 1. The highest BCUT2D eigenvalue weighted by atomic mass is 32.2. The third kappa shape index (κ3) is 4.87. The molecule has 0 aliphatic carbocycles. The molecule has 2 aromatic carbocycles. The first-order valence-corrected chi connectivity index (χ1v) is 14.2. The van der Waals surface area contributed by atoms with E-state index in [1.165, 1.54) is 14.6 Å². The van der Waals surface area contributed by atoms with E-state index >= 15 is 0 Å². The van der Waals surface area contributed by atoms with E-state index < -0.39 is 10.0 Å². The molecule has 3 heterocycles. The van der Waals surface area contributed by atoms with Gasteiger partial charge in [-0.2, -0.15) is 4.31 Å². The number of fused-ring (bicyclic) bond motifs is 1. The van der Waals surface area contributed by atoms with Crippen molar-refractivity contribution in [3.63, 3.8) is 0 Å². The Hall–Kier alpha value is -2.69. The molecule has 1 atom stereocenters. The normalized spacial score (nSPS) is 19.8. The summed E-state index contributed by atoms with van der Waals surface area (Å²) in [6.45, 7) is 5.44. The molecule has 8 nitrogen and oxygen atoms in total. The van der Waals surface area contributed by atoms with Crippen LogP contribution in [0.3, 0.4) is 0 Å².